The van der Waals surface area contributed by atoms with Gasteiger partial charge in [-0.15, -0.1) is 0 Å². The van der Waals surface area contributed by atoms with E-state index in [0.29, 0.717) is 16.9 Å². The molecule has 2 fully saturated rings. The molecule has 7 nitrogen and oxygen atoms in total. The highest BCUT2D eigenvalue weighted by molar-refractivity contribution is 6.10. The van der Waals surface area contributed by atoms with Crippen LogP contribution in [0.1, 0.15) is 57.7 Å². The molecular weight excluding hydrogens is 392 g/mol. The molecule has 1 heterocycles. The zero-order valence-corrected chi connectivity index (χ0v) is 17.3. The molecule has 0 saturated heterocycles. The van der Waals surface area contributed by atoms with Crippen LogP contribution in [0.25, 0.3) is 5.69 Å². The number of rotatable bonds is 7. The van der Waals surface area contributed by atoms with E-state index in [2.05, 4.69) is 10.3 Å². The first-order valence-corrected chi connectivity index (χ1v) is 10.6. The number of benzene rings is 2. The molecule has 0 spiro atoms. The van der Waals surface area contributed by atoms with Crippen LogP contribution in [0, 0.1) is 6.92 Å². The second kappa shape index (κ2) is 7.58. The number of anilines is 1. The number of hydrogen-bond donors (Lipinski definition) is 2. The summed E-state index contributed by atoms with van der Waals surface area (Å²) in [7, 11) is 0. The van der Waals surface area contributed by atoms with Crippen LogP contribution in [0.4, 0.5) is 5.82 Å². The highest BCUT2D eigenvalue weighted by Crippen LogP contribution is 2.29. The molecule has 0 bridgehead atoms. The molecule has 158 valence electrons. The number of carbonyl (C=O) groups is 2. The fourth-order valence-electron chi connectivity index (χ4n) is 3.46. The van der Waals surface area contributed by atoms with Gasteiger partial charge in [-0.1, -0.05) is 18.2 Å². The number of aromatic nitrogens is 2. The molecule has 0 aliphatic heterocycles. The van der Waals surface area contributed by atoms with E-state index in [9.17, 15) is 9.59 Å². The van der Waals surface area contributed by atoms with Gasteiger partial charge in [0, 0.05) is 17.2 Å². The minimum absolute atomic E-state index is 0.105. The average molecular weight is 416 g/mol. The predicted molar refractivity (Wildman–Crippen MR) is 117 cm³/mol. The maximum Gasteiger partial charge on any atom is 0.251 e. The van der Waals surface area contributed by atoms with Gasteiger partial charge in [0.05, 0.1) is 11.8 Å². The zero-order chi connectivity index (χ0) is 21.5. The first-order valence-electron chi connectivity index (χ1n) is 10.6. The second-order valence-corrected chi connectivity index (χ2v) is 8.27. The average Bonchev–Trinajstić information content (AvgIpc) is 3.69. The van der Waals surface area contributed by atoms with Gasteiger partial charge in [0.1, 0.15) is 17.9 Å². The van der Waals surface area contributed by atoms with E-state index in [4.69, 9.17) is 10.5 Å². The highest BCUT2D eigenvalue weighted by Gasteiger charge is 2.26. The predicted octanol–water partition coefficient (Wildman–Crippen LogP) is 3.43. The number of ether oxygens (including phenoxy) is 1. The number of nitrogen functional groups attached to an aromatic ring is 1. The number of nitrogens with one attached hydrogen (secondary N) is 1. The Morgan fingerprint density at radius 1 is 1.10 bits per heavy atom. The Hall–Kier alpha value is -3.61. The lowest BCUT2D eigenvalue weighted by Gasteiger charge is -2.12. The summed E-state index contributed by atoms with van der Waals surface area (Å²) in [5.74, 6) is 0.543. The van der Waals surface area contributed by atoms with Crippen LogP contribution in [0.3, 0.4) is 0 Å². The monoisotopic (exact) mass is 416 g/mol. The molecule has 2 aliphatic carbocycles. The third kappa shape index (κ3) is 4.03. The lowest BCUT2D eigenvalue weighted by atomic mass is 10.1. The SMILES string of the molecule is Cc1ccc(C(=O)NC2CC2)cc1-n1cnc(C(=O)c2cccc(OC3CC3)c2)c1N. The fraction of sp³-hybridized carbons (Fsp3) is 0.292. The Labute approximate surface area is 180 Å². The lowest BCUT2D eigenvalue weighted by molar-refractivity contribution is 0.0950. The van der Waals surface area contributed by atoms with E-state index < -0.39 is 0 Å². The molecule has 1 amide bonds. The third-order valence-corrected chi connectivity index (χ3v) is 5.59. The molecule has 2 saturated carbocycles. The van der Waals surface area contributed by atoms with Crippen molar-refractivity contribution in [2.75, 3.05) is 5.73 Å². The van der Waals surface area contributed by atoms with Crippen LogP contribution in [0.15, 0.2) is 48.8 Å². The van der Waals surface area contributed by atoms with Crippen LogP contribution in [0.2, 0.25) is 0 Å². The highest BCUT2D eigenvalue weighted by atomic mass is 16.5. The number of imidazole rings is 1. The molecule has 2 aliphatic rings. The van der Waals surface area contributed by atoms with Gasteiger partial charge in [-0.05, 0) is 62.4 Å². The van der Waals surface area contributed by atoms with E-state index in [-0.39, 0.29) is 35.3 Å². The standard InChI is InChI=1S/C24H24N4O3/c1-14-5-6-16(24(30)27-17-7-8-17)12-20(14)28-13-26-21(23(28)25)22(29)15-3-2-4-19(11-15)31-18-9-10-18/h2-6,11-13,17-18H,7-10,25H2,1H3,(H,27,30). The van der Waals surface area contributed by atoms with E-state index >= 15 is 0 Å². The van der Waals surface area contributed by atoms with Gasteiger partial charge >= 0.3 is 0 Å². The number of nitrogens with zero attached hydrogens (tertiary/aromatic N) is 2. The van der Waals surface area contributed by atoms with Crippen molar-refractivity contribution in [2.24, 2.45) is 0 Å². The summed E-state index contributed by atoms with van der Waals surface area (Å²) in [6.45, 7) is 1.93. The summed E-state index contributed by atoms with van der Waals surface area (Å²) in [6, 6.07) is 12.8. The number of carbonyl (C=O) groups excluding carboxylic acids is 2. The summed E-state index contributed by atoms with van der Waals surface area (Å²) < 4.78 is 7.45. The minimum Gasteiger partial charge on any atom is -0.490 e. The molecule has 1 aromatic heterocycles. The topological polar surface area (TPSA) is 99.2 Å². The van der Waals surface area contributed by atoms with Crippen LogP contribution < -0.4 is 15.8 Å². The maximum absolute atomic E-state index is 13.1. The Balaban J connectivity index is 1.43. The van der Waals surface area contributed by atoms with E-state index in [1.165, 1.54) is 6.33 Å². The first kappa shape index (κ1) is 19.4. The van der Waals surface area contributed by atoms with Crippen molar-refractivity contribution < 1.29 is 14.3 Å². The van der Waals surface area contributed by atoms with Gasteiger partial charge in [-0.2, -0.15) is 0 Å². The molecule has 5 rings (SSSR count). The fourth-order valence-corrected chi connectivity index (χ4v) is 3.46. The summed E-state index contributed by atoms with van der Waals surface area (Å²) in [4.78, 5) is 29.8. The van der Waals surface area contributed by atoms with Crippen LogP contribution in [-0.2, 0) is 0 Å². The zero-order valence-electron chi connectivity index (χ0n) is 17.3. The van der Waals surface area contributed by atoms with Crippen molar-refractivity contribution in [3.63, 3.8) is 0 Å². The molecule has 31 heavy (non-hydrogen) atoms. The number of ketones is 1. The van der Waals surface area contributed by atoms with Gasteiger partial charge in [0.25, 0.3) is 5.91 Å². The molecular formula is C24H24N4O3. The Morgan fingerprint density at radius 2 is 1.90 bits per heavy atom. The molecule has 0 atom stereocenters. The summed E-state index contributed by atoms with van der Waals surface area (Å²) >= 11 is 0. The molecule has 0 unspecified atom stereocenters. The molecule has 0 radical (unpaired) electrons. The Kier molecular flexibility index (Phi) is 4.73. The smallest absolute Gasteiger partial charge is 0.251 e. The van der Waals surface area contributed by atoms with Crippen molar-refractivity contribution in [3.8, 4) is 11.4 Å². The van der Waals surface area contributed by atoms with Crippen LogP contribution >= 0.6 is 0 Å². The van der Waals surface area contributed by atoms with E-state index in [0.717, 1.165) is 36.9 Å². The normalized spacial score (nSPS) is 15.5. The van der Waals surface area contributed by atoms with E-state index in [1.54, 1.807) is 34.9 Å². The van der Waals surface area contributed by atoms with Crippen molar-refractivity contribution in [1.29, 1.82) is 0 Å². The van der Waals surface area contributed by atoms with Crippen molar-refractivity contribution >= 4 is 17.5 Å². The first-order chi connectivity index (χ1) is 15.0. The van der Waals surface area contributed by atoms with Crippen molar-refractivity contribution in [3.05, 3.63) is 71.2 Å². The van der Waals surface area contributed by atoms with Gasteiger partial charge in [0.2, 0.25) is 5.78 Å². The summed E-state index contributed by atoms with van der Waals surface area (Å²) in [5, 5.41) is 2.99. The quantitative estimate of drug-likeness (QED) is 0.575. The second-order valence-electron chi connectivity index (χ2n) is 8.27. The van der Waals surface area contributed by atoms with Gasteiger partial charge in [-0.3, -0.25) is 14.2 Å². The summed E-state index contributed by atoms with van der Waals surface area (Å²) in [5.41, 5.74) is 9.19. The van der Waals surface area contributed by atoms with Gasteiger partial charge < -0.3 is 15.8 Å². The van der Waals surface area contributed by atoms with Crippen LogP contribution in [0.5, 0.6) is 5.75 Å². The van der Waals surface area contributed by atoms with E-state index in [1.807, 2.05) is 19.1 Å². The molecule has 3 aromatic rings. The maximum atomic E-state index is 13.1. The van der Waals surface area contributed by atoms with Gasteiger partial charge in [-0.25, -0.2) is 4.98 Å². The van der Waals surface area contributed by atoms with Crippen molar-refractivity contribution in [2.45, 2.75) is 44.8 Å². The number of aryl methyl sites for hydroxylation is 1. The largest absolute Gasteiger partial charge is 0.490 e. The molecule has 2 aromatic carbocycles. The lowest BCUT2D eigenvalue weighted by Crippen LogP contribution is -2.25. The number of nitrogens with two attached hydrogens (primary N) is 1. The van der Waals surface area contributed by atoms with Crippen LogP contribution in [-0.4, -0.2) is 33.4 Å². The molecule has 7 heteroatoms. The summed E-state index contributed by atoms with van der Waals surface area (Å²) in [6.07, 6.45) is 5.92. The Bertz CT molecular complexity index is 1180. The minimum atomic E-state index is -0.266. The number of amides is 1. The van der Waals surface area contributed by atoms with Crippen molar-refractivity contribution in [1.82, 2.24) is 14.9 Å². The van der Waals surface area contributed by atoms with Gasteiger partial charge in [0.15, 0.2) is 5.69 Å². The number of hydrogen-bond acceptors (Lipinski definition) is 5. The third-order valence-electron chi connectivity index (χ3n) is 5.59. The Morgan fingerprint density at radius 3 is 2.65 bits per heavy atom. The molecule has 3 N–H and O–H groups in total.